The summed E-state index contributed by atoms with van der Waals surface area (Å²) in [5, 5.41) is 2.34. The molecule has 0 saturated carbocycles. The molecular formula is C25H28N2O4. The van der Waals surface area contributed by atoms with E-state index in [0.717, 1.165) is 54.4 Å². The van der Waals surface area contributed by atoms with E-state index in [9.17, 15) is 0 Å². The Morgan fingerprint density at radius 1 is 0.935 bits per heavy atom. The van der Waals surface area contributed by atoms with Crippen LogP contribution in [0.2, 0.25) is 0 Å². The summed E-state index contributed by atoms with van der Waals surface area (Å²) < 4.78 is 22.5. The van der Waals surface area contributed by atoms with Crippen molar-refractivity contribution in [3.63, 3.8) is 0 Å². The van der Waals surface area contributed by atoms with Gasteiger partial charge in [0.1, 0.15) is 0 Å². The lowest BCUT2D eigenvalue weighted by atomic mass is 9.89. The highest BCUT2D eigenvalue weighted by molar-refractivity contribution is 6.05. The van der Waals surface area contributed by atoms with Gasteiger partial charge in [-0.15, -0.1) is 0 Å². The van der Waals surface area contributed by atoms with Crippen molar-refractivity contribution in [2.45, 2.75) is 13.0 Å². The van der Waals surface area contributed by atoms with Crippen molar-refractivity contribution in [1.82, 2.24) is 4.90 Å². The molecule has 0 aromatic heterocycles. The van der Waals surface area contributed by atoms with Crippen molar-refractivity contribution >= 4 is 16.5 Å². The second-order valence-corrected chi connectivity index (χ2v) is 8.33. The highest BCUT2D eigenvalue weighted by atomic mass is 16.7. The van der Waals surface area contributed by atoms with E-state index in [-0.39, 0.29) is 6.79 Å². The fraction of sp³-hybridized carbons (Fsp3) is 0.360. The average Bonchev–Trinajstić information content (AvgIpc) is 3.23. The van der Waals surface area contributed by atoms with Crippen molar-refractivity contribution in [3.8, 4) is 34.1 Å². The first-order valence-electron chi connectivity index (χ1n) is 10.6. The summed E-state index contributed by atoms with van der Waals surface area (Å²) in [5.41, 5.74) is 4.89. The number of benzene rings is 3. The van der Waals surface area contributed by atoms with Crippen molar-refractivity contribution < 1.29 is 18.9 Å². The molecule has 6 heteroatoms. The third-order valence-corrected chi connectivity index (χ3v) is 6.09. The van der Waals surface area contributed by atoms with Crippen LogP contribution in [0.4, 0.5) is 5.69 Å². The van der Waals surface area contributed by atoms with Crippen LogP contribution in [-0.2, 0) is 6.54 Å². The zero-order chi connectivity index (χ0) is 21.5. The van der Waals surface area contributed by atoms with Gasteiger partial charge in [-0.2, -0.15) is 0 Å². The topological polar surface area (TPSA) is 43.4 Å². The normalized spacial score (nSPS) is 14.0. The van der Waals surface area contributed by atoms with Crippen LogP contribution in [-0.4, -0.2) is 53.1 Å². The molecular weight excluding hydrogens is 392 g/mol. The molecule has 5 rings (SSSR count). The van der Waals surface area contributed by atoms with Crippen LogP contribution >= 0.6 is 0 Å². The molecule has 0 N–H and O–H groups in total. The summed E-state index contributed by atoms with van der Waals surface area (Å²) in [6, 6.07) is 12.8. The van der Waals surface area contributed by atoms with E-state index in [1.165, 1.54) is 27.8 Å². The van der Waals surface area contributed by atoms with Gasteiger partial charge in [0.25, 0.3) is 0 Å². The van der Waals surface area contributed by atoms with Crippen LogP contribution in [0.1, 0.15) is 12.0 Å². The number of rotatable bonds is 6. The lowest BCUT2D eigenvalue weighted by Gasteiger charge is -2.35. The molecule has 0 aliphatic carbocycles. The van der Waals surface area contributed by atoms with Crippen LogP contribution in [0.25, 0.3) is 21.9 Å². The predicted molar refractivity (Wildman–Crippen MR) is 123 cm³/mol. The summed E-state index contributed by atoms with van der Waals surface area (Å²) in [7, 11) is 7.61. The van der Waals surface area contributed by atoms with Crippen LogP contribution in [0, 0.1) is 0 Å². The Hall–Kier alpha value is -3.12. The molecule has 0 bridgehead atoms. The Bertz CT molecular complexity index is 1140. The predicted octanol–water partition coefficient (Wildman–Crippen LogP) is 4.52. The molecule has 0 amide bonds. The van der Waals surface area contributed by atoms with Crippen LogP contribution in [0.3, 0.4) is 0 Å². The maximum atomic E-state index is 5.70. The minimum absolute atomic E-state index is 0.278. The molecule has 0 saturated heterocycles. The molecule has 0 spiro atoms. The largest absolute Gasteiger partial charge is 0.493 e. The summed E-state index contributed by atoms with van der Waals surface area (Å²) in [6.07, 6.45) is 1.08. The molecule has 2 aliphatic heterocycles. The molecule has 3 aromatic carbocycles. The van der Waals surface area contributed by atoms with E-state index >= 15 is 0 Å². The number of fused-ring (bicyclic) bond motifs is 6. The Balaban J connectivity index is 1.69. The zero-order valence-electron chi connectivity index (χ0n) is 18.5. The van der Waals surface area contributed by atoms with Gasteiger partial charge in [-0.05, 0) is 67.8 Å². The summed E-state index contributed by atoms with van der Waals surface area (Å²) >= 11 is 0. The summed E-state index contributed by atoms with van der Waals surface area (Å²) in [6.45, 7) is 3.11. The second-order valence-electron chi connectivity index (χ2n) is 8.33. The maximum absolute atomic E-state index is 5.70. The van der Waals surface area contributed by atoms with E-state index in [1.807, 2.05) is 0 Å². The van der Waals surface area contributed by atoms with Crippen molar-refractivity contribution in [3.05, 3.63) is 42.0 Å². The Morgan fingerprint density at radius 2 is 1.68 bits per heavy atom. The van der Waals surface area contributed by atoms with Crippen LogP contribution in [0.5, 0.6) is 23.0 Å². The maximum Gasteiger partial charge on any atom is 0.231 e. The first-order valence-corrected chi connectivity index (χ1v) is 10.6. The Morgan fingerprint density at radius 3 is 2.42 bits per heavy atom. The number of hydrogen-bond donors (Lipinski definition) is 0. The lowest BCUT2D eigenvalue weighted by Crippen LogP contribution is -2.30. The minimum Gasteiger partial charge on any atom is -0.493 e. The molecule has 0 fully saturated rings. The van der Waals surface area contributed by atoms with E-state index in [0.29, 0.717) is 0 Å². The van der Waals surface area contributed by atoms with E-state index in [2.05, 4.69) is 60.3 Å². The van der Waals surface area contributed by atoms with Gasteiger partial charge in [0.15, 0.2) is 23.0 Å². The molecule has 2 heterocycles. The molecule has 0 unspecified atom stereocenters. The SMILES string of the molecule is COc1cc2c(cc1OC)-c1ccc3cc4c(cc3c1N(CCCN(C)C)C2)OCO4. The van der Waals surface area contributed by atoms with Gasteiger partial charge in [0.2, 0.25) is 6.79 Å². The van der Waals surface area contributed by atoms with E-state index < -0.39 is 0 Å². The van der Waals surface area contributed by atoms with Crippen molar-refractivity contribution in [2.24, 2.45) is 0 Å². The monoisotopic (exact) mass is 420 g/mol. The lowest BCUT2D eigenvalue weighted by molar-refractivity contribution is 0.174. The minimum atomic E-state index is 0.278. The molecule has 31 heavy (non-hydrogen) atoms. The van der Waals surface area contributed by atoms with Crippen LogP contribution in [0.15, 0.2) is 36.4 Å². The van der Waals surface area contributed by atoms with Gasteiger partial charge in [0, 0.05) is 24.0 Å². The summed E-state index contributed by atoms with van der Waals surface area (Å²) in [5.74, 6) is 3.14. The van der Waals surface area contributed by atoms with Gasteiger partial charge in [-0.3, -0.25) is 0 Å². The second kappa shape index (κ2) is 7.85. The number of anilines is 1. The molecule has 2 aliphatic rings. The quantitative estimate of drug-likeness (QED) is 0.584. The number of methoxy groups -OCH3 is 2. The fourth-order valence-corrected chi connectivity index (χ4v) is 4.61. The Labute approximate surface area is 182 Å². The molecule has 0 atom stereocenters. The van der Waals surface area contributed by atoms with E-state index in [4.69, 9.17) is 18.9 Å². The zero-order valence-corrected chi connectivity index (χ0v) is 18.5. The Kier molecular flexibility index (Phi) is 5.02. The highest BCUT2D eigenvalue weighted by Crippen LogP contribution is 2.49. The van der Waals surface area contributed by atoms with Gasteiger partial charge >= 0.3 is 0 Å². The summed E-state index contributed by atoms with van der Waals surface area (Å²) in [4.78, 5) is 4.71. The molecule has 6 nitrogen and oxygen atoms in total. The van der Waals surface area contributed by atoms with Crippen molar-refractivity contribution in [1.29, 1.82) is 0 Å². The smallest absolute Gasteiger partial charge is 0.231 e. The third kappa shape index (κ3) is 3.41. The average molecular weight is 421 g/mol. The first kappa shape index (κ1) is 19.8. The van der Waals surface area contributed by atoms with E-state index in [1.54, 1.807) is 14.2 Å². The number of ether oxygens (including phenoxy) is 4. The van der Waals surface area contributed by atoms with Gasteiger partial charge in [0.05, 0.1) is 19.9 Å². The number of nitrogens with zero attached hydrogens (tertiary/aromatic N) is 2. The standard InChI is InChI=1S/C25H28N2O4/c1-26(2)8-5-9-27-14-17-11-21(28-3)22(29-4)12-19(17)18-7-6-16-10-23-24(31-15-30-23)13-20(16)25(18)27/h6-7,10-13H,5,8-9,14-15H2,1-4H3. The highest BCUT2D eigenvalue weighted by Gasteiger charge is 2.27. The van der Waals surface area contributed by atoms with Gasteiger partial charge < -0.3 is 28.7 Å². The third-order valence-electron chi connectivity index (χ3n) is 6.09. The van der Waals surface area contributed by atoms with Crippen molar-refractivity contribution in [2.75, 3.05) is 53.1 Å². The van der Waals surface area contributed by atoms with Gasteiger partial charge in [-0.1, -0.05) is 12.1 Å². The molecule has 3 aromatic rings. The number of hydrogen-bond acceptors (Lipinski definition) is 6. The van der Waals surface area contributed by atoms with Crippen LogP contribution < -0.4 is 23.8 Å². The fourth-order valence-electron chi connectivity index (χ4n) is 4.61. The molecule has 162 valence electrons. The molecule has 0 radical (unpaired) electrons. The van der Waals surface area contributed by atoms with Gasteiger partial charge in [-0.25, -0.2) is 0 Å². The first-order chi connectivity index (χ1) is 15.1.